The molecule has 0 atom stereocenters. The minimum atomic E-state index is -0.150. The third kappa shape index (κ3) is 6.09. The van der Waals surface area contributed by atoms with Crippen LogP contribution < -0.4 is 4.46 Å². The Morgan fingerprint density at radius 1 is 1.12 bits per heavy atom. The van der Waals surface area contributed by atoms with E-state index in [9.17, 15) is 4.39 Å². The molecule has 1 aromatic carbocycles. The van der Waals surface area contributed by atoms with Crippen LogP contribution in [0.25, 0.3) is 0 Å². The topological polar surface area (TPSA) is 0 Å². The molecule has 2 heteroatoms. The summed E-state index contributed by atoms with van der Waals surface area (Å²) in [4.78, 5) is 2.24. The molecule has 0 spiro atoms. The number of hydrogen-bond donors (Lipinski definition) is 0. The summed E-state index contributed by atoms with van der Waals surface area (Å²) in [5, 5.41) is 0. The van der Waals surface area contributed by atoms with Gasteiger partial charge in [-0.25, -0.2) is 0 Å². The van der Waals surface area contributed by atoms with Gasteiger partial charge in [0.25, 0.3) is 0 Å². The standard InChI is InChI=1S/C14H19FSe/c1-2-3-4-5-6-7-12-16-14-10-8-13(15)9-11-14/h7-12H,2-6H2,1H3/b12-7+. The molecule has 0 N–H and O–H groups in total. The first-order valence-corrected chi connectivity index (χ1v) is 7.74. The Bertz CT molecular complexity index is 303. The molecule has 0 saturated carbocycles. The van der Waals surface area contributed by atoms with E-state index in [4.69, 9.17) is 0 Å². The van der Waals surface area contributed by atoms with E-state index in [0.29, 0.717) is 15.0 Å². The van der Waals surface area contributed by atoms with Crippen LogP contribution in [0.2, 0.25) is 0 Å². The van der Waals surface area contributed by atoms with Crippen LogP contribution in [-0.2, 0) is 0 Å². The number of halogens is 1. The summed E-state index contributed by atoms with van der Waals surface area (Å²) in [5.41, 5.74) is 0. The van der Waals surface area contributed by atoms with E-state index in [-0.39, 0.29) is 5.82 Å². The molecule has 0 bridgehead atoms. The molecular weight excluding hydrogens is 266 g/mol. The average molecular weight is 285 g/mol. The number of allylic oxidation sites excluding steroid dienone is 1. The zero-order chi connectivity index (χ0) is 11.6. The van der Waals surface area contributed by atoms with Crippen molar-refractivity contribution in [3.05, 3.63) is 41.1 Å². The summed E-state index contributed by atoms with van der Waals surface area (Å²) < 4.78 is 13.9. The van der Waals surface area contributed by atoms with Gasteiger partial charge >= 0.3 is 104 Å². The van der Waals surface area contributed by atoms with Crippen molar-refractivity contribution in [1.29, 1.82) is 0 Å². The van der Waals surface area contributed by atoms with Gasteiger partial charge in [-0.05, 0) is 0 Å². The maximum atomic E-state index is 12.6. The van der Waals surface area contributed by atoms with Crippen LogP contribution in [0.3, 0.4) is 0 Å². The van der Waals surface area contributed by atoms with Crippen molar-refractivity contribution in [2.24, 2.45) is 0 Å². The van der Waals surface area contributed by atoms with Crippen LogP contribution in [0.5, 0.6) is 0 Å². The summed E-state index contributed by atoms with van der Waals surface area (Å²) in [6.45, 7) is 2.23. The Hall–Kier alpha value is -0.591. The summed E-state index contributed by atoms with van der Waals surface area (Å²) in [7, 11) is 0. The molecule has 0 saturated heterocycles. The van der Waals surface area contributed by atoms with Gasteiger partial charge in [0.05, 0.1) is 0 Å². The van der Waals surface area contributed by atoms with Crippen molar-refractivity contribution < 1.29 is 4.39 Å². The zero-order valence-corrected chi connectivity index (χ0v) is 11.5. The second-order valence-corrected chi connectivity index (χ2v) is 5.85. The molecule has 0 unspecified atom stereocenters. The van der Waals surface area contributed by atoms with E-state index in [1.54, 1.807) is 0 Å². The normalized spacial score (nSPS) is 11.1. The van der Waals surface area contributed by atoms with E-state index in [2.05, 4.69) is 18.0 Å². The Kier molecular flexibility index (Phi) is 7.20. The van der Waals surface area contributed by atoms with Crippen LogP contribution in [-0.4, -0.2) is 15.0 Å². The fourth-order valence-corrected chi connectivity index (χ4v) is 2.83. The predicted molar refractivity (Wildman–Crippen MR) is 69.7 cm³/mol. The molecule has 0 amide bonds. The van der Waals surface area contributed by atoms with E-state index >= 15 is 0 Å². The summed E-state index contributed by atoms with van der Waals surface area (Å²) in [6.07, 6.45) is 8.72. The van der Waals surface area contributed by atoms with Crippen molar-refractivity contribution in [3.63, 3.8) is 0 Å². The molecule has 0 fully saturated rings. The van der Waals surface area contributed by atoms with Gasteiger partial charge in [0.1, 0.15) is 0 Å². The molecule has 0 heterocycles. The van der Waals surface area contributed by atoms with Gasteiger partial charge in [0, 0.05) is 0 Å². The van der Waals surface area contributed by atoms with E-state index in [1.807, 2.05) is 12.1 Å². The third-order valence-corrected chi connectivity index (χ3v) is 4.17. The van der Waals surface area contributed by atoms with Crippen molar-refractivity contribution >= 4 is 19.4 Å². The Balaban J connectivity index is 2.14. The Morgan fingerprint density at radius 3 is 2.56 bits per heavy atom. The third-order valence-electron chi connectivity index (χ3n) is 2.34. The summed E-state index contributed by atoms with van der Waals surface area (Å²) >= 11 is 0.360. The molecule has 0 aliphatic rings. The van der Waals surface area contributed by atoms with Gasteiger partial charge in [0.15, 0.2) is 0 Å². The first kappa shape index (κ1) is 13.5. The Morgan fingerprint density at radius 2 is 1.88 bits per heavy atom. The number of rotatable bonds is 7. The minimum absolute atomic E-state index is 0.150. The molecule has 0 aliphatic carbocycles. The van der Waals surface area contributed by atoms with Crippen molar-refractivity contribution in [3.8, 4) is 0 Å². The number of benzene rings is 1. The summed E-state index contributed by atoms with van der Waals surface area (Å²) in [6, 6.07) is 6.81. The SMILES string of the molecule is CCCCCC/C=C/[Se]c1ccc(F)cc1. The molecule has 0 radical (unpaired) electrons. The fraction of sp³-hybridized carbons (Fsp3) is 0.429. The first-order chi connectivity index (χ1) is 7.83. The number of hydrogen-bond acceptors (Lipinski definition) is 0. The molecule has 1 rings (SSSR count). The van der Waals surface area contributed by atoms with Crippen LogP contribution in [0.15, 0.2) is 35.3 Å². The Labute approximate surface area is 104 Å². The predicted octanol–water partition coefficient (Wildman–Crippen LogP) is 3.64. The van der Waals surface area contributed by atoms with Crippen LogP contribution >= 0.6 is 0 Å². The monoisotopic (exact) mass is 286 g/mol. The van der Waals surface area contributed by atoms with Gasteiger partial charge < -0.3 is 0 Å². The fourth-order valence-electron chi connectivity index (χ4n) is 1.40. The van der Waals surface area contributed by atoms with Crippen molar-refractivity contribution in [2.75, 3.05) is 0 Å². The van der Waals surface area contributed by atoms with Crippen LogP contribution in [0.4, 0.5) is 4.39 Å². The molecule has 1 aromatic rings. The van der Waals surface area contributed by atoms with Crippen LogP contribution in [0.1, 0.15) is 39.0 Å². The molecule has 0 nitrogen and oxygen atoms in total. The second-order valence-electron chi connectivity index (χ2n) is 3.79. The van der Waals surface area contributed by atoms with Crippen LogP contribution in [0, 0.1) is 5.82 Å². The molecule has 0 aromatic heterocycles. The molecule has 16 heavy (non-hydrogen) atoms. The zero-order valence-electron chi connectivity index (χ0n) is 9.79. The van der Waals surface area contributed by atoms with Gasteiger partial charge in [-0.1, -0.05) is 0 Å². The van der Waals surface area contributed by atoms with E-state index in [0.717, 1.165) is 0 Å². The average Bonchev–Trinajstić information content (AvgIpc) is 2.30. The molecular formula is C14H19FSe. The quantitative estimate of drug-likeness (QED) is 0.530. The molecule has 0 aliphatic heterocycles. The van der Waals surface area contributed by atoms with Gasteiger partial charge in [0.2, 0.25) is 0 Å². The first-order valence-electron chi connectivity index (χ1n) is 5.90. The van der Waals surface area contributed by atoms with Gasteiger partial charge in [-0.15, -0.1) is 0 Å². The second kappa shape index (κ2) is 8.55. The number of unbranched alkanes of at least 4 members (excludes halogenated alkanes) is 4. The summed E-state index contributed by atoms with van der Waals surface area (Å²) in [5.74, 6) is -0.150. The van der Waals surface area contributed by atoms with Gasteiger partial charge in [-0.3, -0.25) is 0 Å². The maximum absolute atomic E-state index is 12.6. The van der Waals surface area contributed by atoms with E-state index in [1.165, 1.54) is 48.7 Å². The van der Waals surface area contributed by atoms with Crippen molar-refractivity contribution in [1.82, 2.24) is 0 Å². The van der Waals surface area contributed by atoms with E-state index < -0.39 is 0 Å². The molecule has 88 valence electrons. The van der Waals surface area contributed by atoms with Gasteiger partial charge in [-0.2, -0.15) is 0 Å². The van der Waals surface area contributed by atoms with Crippen molar-refractivity contribution in [2.45, 2.75) is 39.0 Å².